The highest BCUT2D eigenvalue weighted by molar-refractivity contribution is 7.92. The van der Waals surface area contributed by atoms with Crippen LogP contribution in [0.1, 0.15) is 29.3 Å². The molecule has 1 amide bonds. The molecular formula is C24H26N2O4S. The van der Waals surface area contributed by atoms with E-state index in [0.29, 0.717) is 17.8 Å². The Morgan fingerprint density at radius 1 is 0.968 bits per heavy atom. The van der Waals surface area contributed by atoms with E-state index in [1.807, 2.05) is 18.2 Å². The lowest BCUT2D eigenvalue weighted by molar-refractivity contribution is 0.0953. The van der Waals surface area contributed by atoms with Gasteiger partial charge in [0, 0.05) is 18.7 Å². The molecule has 31 heavy (non-hydrogen) atoms. The van der Waals surface area contributed by atoms with Gasteiger partial charge in [-0.1, -0.05) is 36.4 Å². The molecule has 6 nitrogen and oxygen atoms in total. The van der Waals surface area contributed by atoms with Crippen LogP contribution in [0.4, 0.5) is 5.69 Å². The zero-order valence-electron chi connectivity index (χ0n) is 17.4. The summed E-state index contributed by atoms with van der Waals surface area (Å²) < 4.78 is 27.6. The number of hydrogen-bond acceptors (Lipinski definition) is 4. The summed E-state index contributed by atoms with van der Waals surface area (Å²) in [5.41, 5.74) is 1.95. The summed E-state index contributed by atoms with van der Waals surface area (Å²) in [5, 5.41) is 12.2. The number of nitrogens with one attached hydrogen (secondary N) is 1. The van der Waals surface area contributed by atoms with Gasteiger partial charge in [-0.3, -0.25) is 9.10 Å². The fraction of sp³-hybridized carbons (Fsp3) is 0.208. The Morgan fingerprint density at radius 2 is 1.68 bits per heavy atom. The van der Waals surface area contributed by atoms with Crippen molar-refractivity contribution in [2.45, 2.75) is 24.7 Å². The average molecular weight is 439 g/mol. The normalized spacial score (nSPS) is 11.1. The molecule has 0 aliphatic carbocycles. The second-order valence-electron chi connectivity index (χ2n) is 7.06. The molecule has 3 aromatic carbocycles. The molecule has 0 aliphatic heterocycles. The maximum atomic E-state index is 13.2. The molecular weight excluding hydrogens is 412 g/mol. The van der Waals surface area contributed by atoms with Gasteiger partial charge in [0.2, 0.25) is 0 Å². The number of aromatic hydroxyl groups is 1. The van der Waals surface area contributed by atoms with Crippen molar-refractivity contribution >= 4 is 21.6 Å². The van der Waals surface area contributed by atoms with Crippen molar-refractivity contribution in [3.63, 3.8) is 0 Å². The predicted octanol–water partition coefficient (Wildman–Crippen LogP) is 3.97. The number of para-hydroxylation sites is 1. The minimum atomic E-state index is -3.79. The van der Waals surface area contributed by atoms with Crippen LogP contribution in [0.5, 0.6) is 5.75 Å². The molecule has 0 aliphatic rings. The zero-order chi connectivity index (χ0) is 22.3. The monoisotopic (exact) mass is 438 g/mol. The predicted molar refractivity (Wildman–Crippen MR) is 122 cm³/mol. The Balaban J connectivity index is 1.65. The molecule has 0 saturated carbocycles. The van der Waals surface area contributed by atoms with E-state index in [1.165, 1.54) is 16.4 Å². The molecule has 0 unspecified atom stereocenters. The van der Waals surface area contributed by atoms with Crippen molar-refractivity contribution in [1.82, 2.24) is 5.32 Å². The first-order chi connectivity index (χ1) is 14.9. The molecule has 0 heterocycles. The summed E-state index contributed by atoms with van der Waals surface area (Å²) in [5.74, 6) is -0.0914. The highest BCUT2D eigenvalue weighted by atomic mass is 32.2. The largest absolute Gasteiger partial charge is 0.508 e. The van der Waals surface area contributed by atoms with Crippen LogP contribution in [0.25, 0.3) is 0 Å². The number of hydrogen-bond donors (Lipinski definition) is 2. The van der Waals surface area contributed by atoms with Crippen LogP contribution >= 0.6 is 0 Å². The molecule has 0 saturated heterocycles. The number of sulfonamides is 1. The van der Waals surface area contributed by atoms with Crippen molar-refractivity contribution in [2.24, 2.45) is 0 Å². The Bertz CT molecular complexity index is 1110. The fourth-order valence-electron chi connectivity index (χ4n) is 3.27. The van der Waals surface area contributed by atoms with E-state index in [1.54, 1.807) is 55.5 Å². The van der Waals surface area contributed by atoms with Crippen LogP contribution in [0.2, 0.25) is 0 Å². The molecule has 0 atom stereocenters. The van der Waals surface area contributed by atoms with E-state index in [4.69, 9.17) is 0 Å². The lowest BCUT2D eigenvalue weighted by Gasteiger charge is -2.23. The van der Waals surface area contributed by atoms with Gasteiger partial charge in [-0.2, -0.15) is 0 Å². The van der Waals surface area contributed by atoms with Crippen LogP contribution in [0, 0.1) is 0 Å². The maximum absolute atomic E-state index is 13.2. The van der Waals surface area contributed by atoms with Crippen molar-refractivity contribution in [3.8, 4) is 5.75 Å². The zero-order valence-corrected chi connectivity index (χ0v) is 18.2. The Kier molecular flexibility index (Phi) is 7.31. The van der Waals surface area contributed by atoms with Crippen LogP contribution in [-0.2, 0) is 16.4 Å². The number of anilines is 1. The highest BCUT2D eigenvalue weighted by Crippen LogP contribution is 2.23. The van der Waals surface area contributed by atoms with E-state index >= 15 is 0 Å². The van der Waals surface area contributed by atoms with Crippen LogP contribution in [-0.4, -0.2) is 32.5 Å². The van der Waals surface area contributed by atoms with Crippen LogP contribution < -0.4 is 9.62 Å². The number of carbonyl (C=O) groups excluding carboxylic acids is 1. The smallest absolute Gasteiger partial charge is 0.264 e. The standard InChI is InChI=1S/C24H26N2O4S/c1-2-26(21-10-4-3-5-11-21)31(29,30)23-12-6-9-20(18-23)24(28)25-17-7-8-19-13-15-22(27)16-14-19/h3-6,9-16,18,27H,2,7-8,17H2,1H3,(H,25,28). The minimum absolute atomic E-state index is 0.0787. The summed E-state index contributed by atoms with van der Waals surface area (Å²) in [6.07, 6.45) is 1.49. The number of amides is 1. The average Bonchev–Trinajstić information content (AvgIpc) is 2.79. The summed E-state index contributed by atoms with van der Waals surface area (Å²) in [4.78, 5) is 12.6. The number of nitrogens with zero attached hydrogens (tertiary/aromatic N) is 1. The van der Waals surface area contributed by atoms with E-state index in [2.05, 4.69) is 5.32 Å². The van der Waals surface area contributed by atoms with Gasteiger partial charge in [-0.15, -0.1) is 0 Å². The minimum Gasteiger partial charge on any atom is -0.508 e. The molecule has 0 aromatic heterocycles. The van der Waals surface area contributed by atoms with E-state index in [-0.39, 0.29) is 23.1 Å². The SMILES string of the molecule is CCN(c1ccccc1)S(=O)(=O)c1cccc(C(=O)NCCCc2ccc(O)cc2)c1. The summed E-state index contributed by atoms with van der Waals surface area (Å²) in [7, 11) is -3.79. The first kappa shape index (κ1) is 22.4. The molecule has 0 bridgehead atoms. The van der Waals surface area contributed by atoms with Gasteiger partial charge in [0.25, 0.3) is 15.9 Å². The van der Waals surface area contributed by atoms with E-state index in [0.717, 1.165) is 18.4 Å². The third kappa shape index (κ3) is 5.64. The summed E-state index contributed by atoms with van der Waals surface area (Å²) >= 11 is 0. The van der Waals surface area contributed by atoms with Gasteiger partial charge in [0.05, 0.1) is 10.6 Å². The fourth-order valence-corrected chi connectivity index (χ4v) is 4.79. The molecule has 7 heteroatoms. The molecule has 2 N–H and O–H groups in total. The number of rotatable bonds is 9. The van der Waals surface area contributed by atoms with Crippen molar-refractivity contribution in [3.05, 3.63) is 90.0 Å². The molecule has 3 rings (SSSR count). The Labute approximate surface area is 183 Å². The van der Waals surface area contributed by atoms with E-state index < -0.39 is 10.0 Å². The third-order valence-corrected chi connectivity index (χ3v) is 6.78. The Morgan fingerprint density at radius 3 is 2.35 bits per heavy atom. The van der Waals surface area contributed by atoms with Crippen molar-refractivity contribution in [2.75, 3.05) is 17.4 Å². The number of phenolic OH excluding ortho intramolecular Hbond substituents is 1. The van der Waals surface area contributed by atoms with Gasteiger partial charge in [-0.25, -0.2) is 8.42 Å². The second kappa shape index (κ2) is 10.1. The molecule has 0 spiro atoms. The van der Waals surface area contributed by atoms with Gasteiger partial charge >= 0.3 is 0 Å². The van der Waals surface area contributed by atoms with Gasteiger partial charge in [-0.05, 0) is 67.8 Å². The highest BCUT2D eigenvalue weighted by Gasteiger charge is 2.24. The van der Waals surface area contributed by atoms with Crippen molar-refractivity contribution < 1.29 is 18.3 Å². The van der Waals surface area contributed by atoms with E-state index in [9.17, 15) is 18.3 Å². The molecule has 3 aromatic rings. The van der Waals surface area contributed by atoms with Gasteiger partial charge in [0.1, 0.15) is 5.75 Å². The summed E-state index contributed by atoms with van der Waals surface area (Å²) in [6, 6.07) is 21.9. The van der Waals surface area contributed by atoms with Crippen molar-refractivity contribution in [1.29, 1.82) is 0 Å². The lowest BCUT2D eigenvalue weighted by atomic mass is 10.1. The van der Waals surface area contributed by atoms with Gasteiger partial charge < -0.3 is 10.4 Å². The molecule has 0 fully saturated rings. The van der Waals surface area contributed by atoms with Crippen LogP contribution in [0.3, 0.4) is 0 Å². The number of aryl methyl sites for hydroxylation is 1. The quantitative estimate of drug-likeness (QED) is 0.495. The first-order valence-electron chi connectivity index (χ1n) is 10.2. The second-order valence-corrected chi connectivity index (χ2v) is 8.92. The molecule has 162 valence electrons. The van der Waals surface area contributed by atoms with Crippen LogP contribution in [0.15, 0.2) is 83.8 Å². The summed E-state index contributed by atoms with van der Waals surface area (Å²) in [6.45, 7) is 2.51. The number of carbonyl (C=O) groups is 1. The number of phenols is 1. The third-order valence-electron chi connectivity index (χ3n) is 4.88. The molecule has 0 radical (unpaired) electrons. The maximum Gasteiger partial charge on any atom is 0.264 e. The topological polar surface area (TPSA) is 86.7 Å². The Hall–Kier alpha value is -3.32. The number of benzene rings is 3. The lowest BCUT2D eigenvalue weighted by Crippen LogP contribution is -2.31. The first-order valence-corrected chi connectivity index (χ1v) is 11.6. The van der Waals surface area contributed by atoms with Gasteiger partial charge in [0.15, 0.2) is 0 Å².